The zero-order valence-electron chi connectivity index (χ0n) is 10.0. The van der Waals surface area contributed by atoms with E-state index in [4.69, 9.17) is 17.3 Å². The van der Waals surface area contributed by atoms with Gasteiger partial charge in [-0.05, 0) is 29.3 Å². The van der Waals surface area contributed by atoms with Crippen molar-refractivity contribution in [2.75, 3.05) is 11.4 Å². The molecular formula is C15H15ClN2. The molecule has 18 heavy (non-hydrogen) atoms. The van der Waals surface area contributed by atoms with Gasteiger partial charge in [0, 0.05) is 23.8 Å². The zero-order valence-corrected chi connectivity index (χ0v) is 10.8. The Hall–Kier alpha value is -1.51. The standard InChI is InChI=1S/C15H15ClN2/c16-12-5-3-6-13(8-12)18-10-11-4-1-2-7-14(11)15(18)9-17/h1-8,15H,9-10,17H2. The SMILES string of the molecule is NCC1c2ccccc2CN1c1cccc(Cl)c1. The molecule has 1 heterocycles. The number of fused-ring (bicyclic) bond motifs is 1. The molecule has 0 bridgehead atoms. The molecule has 92 valence electrons. The number of benzene rings is 2. The van der Waals surface area contributed by atoms with Crippen molar-refractivity contribution in [2.24, 2.45) is 5.73 Å². The van der Waals surface area contributed by atoms with E-state index in [0.29, 0.717) is 6.54 Å². The fourth-order valence-electron chi connectivity index (χ4n) is 2.65. The minimum absolute atomic E-state index is 0.250. The van der Waals surface area contributed by atoms with E-state index in [-0.39, 0.29) is 6.04 Å². The number of nitrogens with zero attached hydrogens (tertiary/aromatic N) is 1. The van der Waals surface area contributed by atoms with Gasteiger partial charge >= 0.3 is 0 Å². The van der Waals surface area contributed by atoms with Crippen LogP contribution in [0.1, 0.15) is 17.2 Å². The summed E-state index contributed by atoms with van der Waals surface area (Å²) in [5, 5.41) is 0.763. The summed E-state index contributed by atoms with van der Waals surface area (Å²) in [5.41, 5.74) is 9.76. The van der Waals surface area contributed by atoms with Crippen LogP contribution in [0, 0.1) is 0 Å². The lowest BCUT2D eigenvalue weighted by molar-refractivity contribution is 0.679. The van der Waals surface area contributed by atoms with Gasteiger partial charge in [-0.2, -0.15) is 0 Å². The quantitative estimate of drug-likeness (QED) is 0.895. The number of hydrogen-bond donors (Lipinski definition) is 1. The smallest absolute Gasteiger partial charge is 0.0671 e. The Bertz CT molecular complexity index is 568. The van der Waals surface area contributed by atoms with E-state index in [1.54, 1.807) is 0 Å². The maximum Gasteiger partial charge on any atom is 0.0671 e. The topological polar surface area (TPSA) is 29.3 Å². The minimum atomic E-state index is 0.250. The second kappa shape index (κ2) is 4.63. The zero-order chi connectivity index (χ0) is 12.5. The van der Waals surface area contributed by atoms with Crippen LogP contribution < -0.4 is 10.6 Å². The normalized spacial score (nSPS) is 17.9. The molecule has 0 amide bonds. The Morgan fingerprint density at radius 3 is 2.78 bits per heavy atom. The maximum atomic E-state index is 6.07. The lowest BCUT2D eigenvalue weighted by atomic mass is 10.1. The van der Waals surface area contributed by atoms with Crippen molar-refractivity contribution in [3.05, 3.63) is 64.7 Å². The summed E-state index contributed by atoms with van der Waals surface area (Å²) in [6, 6.07) is 16.7. The summed E-state index contributed by atoms with van der Waals surface area (Å²) in [5.74, 6) is 0. The van der Waals surface area contributed by atoms with E-state index >= 15 is 0 Å². The average Bonchev–Trinajstić information content (AvgIpc) is 2.77. The number of hydrogen-bond acceptors (Lipinski definition) is 2. The Kier molecular flexibility index (Phi) is 2.98. The van der Waals surface area contributed by atoms with Crippen molar-refractivity contribution in [3.63, 3.8) is 0 Å². The molecular weight excluding hydrogens is 244 g/mol. The van der Waals surface area contributed by atoms with Gasteiger partial charge in [0.1, 0.15) is 0 Å². The van der Waals surface area contributed by atoms with E-state index in [0.717, 1.165) is 17.3 Å². The van der Waals surface area contributed by atoms with E-state index in [1.165, 1.54) is 11.1 Å². The van der Waals surface area contributed by atoms with Crippen LogP contribution in [0.3, 0.4) is 0 Å². The predicted octanol–water partition coefficient (Wildman–Crippen LogP) is 3.36. The van der Waals surface area contributed by atoms with Crippen molar-refractivity contribution in [3.8, 4) is 0 Å². The van der Waals surface area contributed by atoms with Crippen LogP contribution in [0.2, 0.25) is 5.02 Å². The molecule has 0 aromatic heterocycles. The van der Waals surface area contributed by atoms with Crippen LogP contribution in [-0.4, -0.2) is 6.54 Å². The van der Waals surface area contributed by atoms with Crippen molar-refractivity contribution in [1.29, 1.82) is 0 Å². The van der Waals surface area contributed by atoms with Crippen LogP contribution in [0.4, 0.5) is 5.69 Å². The van der Waals surface area contributed by atoms with Crippen LogP contribution >= 0.6 is 11.6 Å². The van der Waals surface area contributed by atoms with Gasteiger partial charge in [0.2, 0.25) is 0 Å². The van der Waals surface area contributed by atoms with Gasteiger partial charge < -0.3 is 10.6 Å². The molecule has 2 aromatic carbocycles. The highest BCUT2D eigenvalue weighted by Gasteiger charge is 2.28. The summed E-state index contributed by atoms with van der Waals surface area (Å²) in [6.45, 7) is 1.52. The highest BCUT2D eigenvalue weighted by Crippen LogP contribution is 2.37. The monoisotopic (exact) mass is 258 g/mol. The molecule has 1 aliphatic heterocycles. The highest BCUT2D eigenvalue weighted by atomic mass is 35.5. The van der Waals surface area contributed by atoms with E-state index in [9.17, 15) is 0 Å². The molecule has 2 N–H and O–H groups in total. The van der Waals surface area contributed by atoms with Gasteiger partial charge in [0.15, 0.2) is 0 Å². The van der Waals surface area contributed by atoms with Crippen LogP contribution in [0.15, 0.2) is 48.5 Å². The fourth-order valence-corrected chi connectivity index (χ4v) is 2.83. The Morgan fingerprint density at radius 2 is 2.00 bits per heavy atom. The Labute approximate surface area is 112 Å². The molecule has 3 heteroatoms. The number of halogens is 1. The minimum Gasteiger partial charge on any atom is -0.359 e. The molecule has 1 atom stereocenters. The third-order valence-electron chi connectivity index (χ3n) is 3.49. The largest absolute Gasteiger partial charge is 0.359 e. The first-order valence-corrected chi connectivity index (χ1v) is 6.47. The maximum absolute atomic E-state index is 6.07. The van der Waals surface area contributed by atoms with E-state index in [2.05, 4.69) is 35.2 Å². The van der Waals surface area contributed by atoms with Crippen molar-refractivity contribution in [1.82, 2.24) is 0 Å². The number of anilines is 1. The summed E-state index contributed by atoms with van der Waals surface area (Å²) in [7, 11) is 0. The van der Waals surface area contributed by atoms with Crippen LogP contribution in [0.5, 0.6) is 0 Å². The molecule has 0 spiro atoms. The van der Waals surface area contributed by atoms with Crippen molar-refractivity contribution >= 4 is 17.3 Å². The van der Waals surface area contributed by atoms with Gasteiger partial charge in [-0.1, -0.05) is 41.9 Å². The molecule has 0 radical (unpaired) electrons. The van der Waals surface area contributed by atoms with Gasteiger partial charge in [-0.15, -0.1) is 0 Å². The van der Waals surface area contributed by atoms with Gasteiger partial charge in [0.05, 0.1) is 6.04 Å². The molecule has 2 aromatic rings. The average molecular weight is 259 g/mol. The summed E-state index contributed by atoms with van der Waals surface area (Å²) < 4.78 is 0. The van der Waals surface area contributed by atoms with Crippen LogP contribution in [0.25, 0.3) is 0 Å². The highest BCUT2D eigenvalue weighted by molar-refractivity contribution is 6.30. The predicted molar refractivity (Wildman–Crippen MR) is 75.9 cm³/mol. The van der Waals surface area contributed by atoms with Crippen molar-refractivity contribution in [2.45, 2.75) is 12.6 Å². The molecule has 0 saturated heterocycles. The molecule has 1 aliphatic rings. The molecule has 0 saturated carbocycles. The molecule has 0 fully saturated rings. The number of rotatable bonds is 2. The third-order valence-corrected chi connectivity index (χ3v) is 3.73. The fraction of sp³-hybridized carbons (Fsp3) is 0.200. The Balaban J connectivity index is 2.01. The van der Waals surface area contributed by atoms with E-state index < -0.39 is 0 Å². The molecule has 2 nitrogen and oxygen atoms in total. The van der Waals surface area contributed by atoms with E-state index in [1.807, 2.05) is 18.2 Å². The first kappa shape index (κ1) is 11.6. The van der Waals surface area contributed by atoms with Gasteiger partial charge in [0.25, 0.3) is 0 Å². The third kappa shape index (κ3) is 1.88. The van der Waals surface area contributed by atoms with Gasteiger partial charge in [-0.25, -0.2) is 0 Å². The second-order valence-corrected chi connectivity index (χ2v) is 4.99. The lowest BCUT2D eigenvalue weighted by Crippen LogP contribution is -2.27. The molecule has 3 rings (SSSR count). The molecule has 0 aliphatic carbocycles. The summed E-state index contributed by atoms with van der Waals surface area (Å²) in [6.07, 6.45) is 0. The summed E-state index contributed by atoms with van der Waals surface area (Å²) in [4.78, 5) is 2.32. The molecule has 1 unspecified atom stereocenters. The second-order valence-electron chi connectivity index (χ2n) is 4.56. The Morgan fingerprint density at radius 1 is 1.17 bits per heavy atom. The first-order valence-electron chi connectivity index (χ1n) is 6.09. The van der Waals surface area contributed by atoms with Gasteiger partial charge in [-0.3, -0.25) is 0 Å². The van der Waals surface area contributed by atoms with Crippen molar-refractivity contribution < 1.29 is 0 Å². The van der Waals surface area contributed by atoms with Crippen LogP contribution in [-0.2, 0) is 6.54 Å². The summed E-state index contributed by atoms with van der Waals surface area (Å²) >= 11 is 6.07. The lowest BCUT2D eigenvalue weighted by Gasteiger charge is -2.26. The number of nitrogens with two attached hydrogens (primary N) is 1. The first-order chi connectivity index (χ1) is 8.79.